The van der Waals surface area contributed by atoms with Crippen molar-refractivity contribution in [2.24, 2.45) is 0 Å². The Morgan fingerprint density at radius 1 is 1.60 bits per heavy atom. The van der Waals surface area contributed by atoms with Crippen molar-refractivity contribution in [2.45, 2.75) is 43.1 Å². The maximum absolute atomic E-state index is 11.2. The summed E-state index contributed by atoms with van der Waals surface area (Å²) >= 11 is -0.113. The number of hydrogen-bond donors (Lipinski definition) is 1. The predicted octanol–water partition coefficient (Wildman–Crippen LogP) is 1.52. The van der Waals surface area contributed by atoms with Gasteiger partial charge in [0.25, 0.3) is 0 Å². The molecule has 1 aliphatic heterocycles. The maximum Gasteiger partial charge on any atom is 0.0346 e. The Kier molecular flexibility index (Phi) is 6.88. The summed E-state index contributed by atoms with van der Waals surface area (Å²) in [6, 6.07) is 0. The molecule has 0 aromatic carbocycles. The minimum absolute atomic E-state index is 0.158. The highest BCUT2D eigenvalue weighted by atomic mass is 32.2. The summed E-state index contributed by atoms with van der Waals surface area (Å²) in [7, 11) is 0. The van der Waals surface area contributed by atoms with Crippen LogP contribution in [0.5, 0.6) is 0 Å². The molecule has 0 amide bonds. The Morgan fingerprint density at radius 2 is 2.40 bits per heavy atom. The summed E-state index contributed by atoms with van der Waals surface area (Å²) in [5, 5.41) is 3.37. The third-order valence-corrected chi connectivity index (χ3v) is 5.30. The Hall–Kier alpha value is 0.420. The summed E-state index contributed by atoms with van der Waals surface area (Å²) in [6.07, 6.45) is 4.14. The summed E-state index contributed by atoms with van der Waals surface area (Å²) in [4.78, 5) is 0. The van der Waals surface area contributed by atoms with Crippen molar-refractivity contribution in [1.29, 1.82) is 0 Å². The van der Waals surface area contributed by atoms with Gasteiger partial charge in [-0.3, -0.25) is 4.21 Å². The van der Waals surface area contributed by atoms with Crippen molar-refractivity contribution in [1.82, 2.24) is 5.32 Å². The van der Waals surface area contributed by atoms with Crippen LogP contribution in [-0.4, -0.2) is 38.1 Å². The molecule has 3 nitrogen and oxygen atoms in total. The second-order valence-electron chi connectivity index (χ2n) is 3.91. The molecule has 0 saturated carbocycles. The molecule has 1 aliphatic rings. The Labute approximate surface area is 99.1 Å². The van der Waals surface area contributed by atoms with Gasteiger partial charge in [-0.2, -0.15) is 11.8 Å². The molecule has 1 fully saturated rings. The lowest BCUT2D eigenvalue weighted by molar-refractivity contribution is 0.496. The van der Waals surface area contributed by atoms with E-state index < -0.39 is 11.1 Å². The zero-order valence-corrected chi connectivity index (χ0v) is 10.9. The van der Waals surface area contributed by atoms with Crippen LogP contribution >= 0.6 is 11.8 Å². The van der Waals surface area contributed by atoms with Gasteiger partial charge in [0, 0.05) is 29.3 Å². The quantitative estimate of drug-likeness (QED) is 0.573. The molecular weight excluding hydrogens is 230 g/mol. The van der Waals surface area contributed by atoms with Gasteiger partial charge in [-0.15, -0.1) is 0 Å². The average molecular weight is 250 g/mol. The molecule has 1 heterocycles. The van der Waals surface area contributed by atoms with E-state index in [1.165, 1.54) is 0 Å². The minimum atomic E-state index is -1.92. The zero-order valence-electron chi connectivity index (χ0n) is 9.24. The van der Waals surface area contributed by atoms with Crippen molar-refractivity contribution in [3.05, 3.63) is 0 Å². The van der Waals surface area contributed by atoms with E-state index in [-0.39, 0.29) is 10.5 Å². The largest absolute Gasteiger partial charge is 0.772 e. The number of thioether (sulfide) groups is 1. The summed E-state index contributed by atoms with van der Waals surface area (Å²) in [5.74, 6) is 1.03. The highest BCUT2D eigenvalue weighted by molar-refractivity contribution is 8.00. The lowest BCUT2D eigenvalue weighted by atomic mass is 10.1. The molecule has 1 rings (SSSR count). The van der Waals surface area contributed by atoms with Crippen molar-refractivity contribution in [2.75, 3.05) is 18.8 Å². The lowest BCUT2D eigenvalue weighted by Gasteiger charge is -2.31. The van der Waals surface area contributed by atoms with Gasteiger partial charge in [0.15, 0.2) is 0 Å². The summed E-state index contributed by atoms with van der Waals surface area (Å²) < 4.78 is 22.3. The van der Waals surface area contributed by atoms with Gasteiger partial charge in [0.1, 0.15) is 0 Å². The maximum atomic E-state index is 11.2. The van der Waals surface area contributed by atoms with Crippen LogP contribution in [0.3, 0.4) is 0 Å². The van der Waals surface area contributed by atoms with E-state index in [4.69, 9.17) is 0 Å². The molecule has 3 unspecified atom stereocenters. The van der Waals surface area contributed by atoms with E-state index >= 15 is 0 Å². The van der Waals surface area contributed by atoms with E-state index in [0.29, 0.717) is 0 Å². The molecule has 5 heteroatoms. The van der Waals surface area contributed by atoms with E-state index in [2.05, 4.69) is 12.2 Å². The second kappa shape index (κ2) is 7.65. The molecule has 0 aliphatic carbocycles. The number of unbranched alkanes of at least 4 members (excludes halogenated alkanes) is 2. The molecule has 1 saturated heterocycles. The van der Waals surface area contributed by atoms with Crippen molar-refractivity contribution >= 4 is 22.8 Å². The molecule has 0 spiro atoms. The smallest absolute Gasteiger partial charge is 0.0346 e. The van der Waals surface area contributed by atoms with Gasteiger partial charge in [0.2, 0.25) is 0 Å². The molecule has 0 aromatic rings. The zero-order chi connectivity index (χ0) is 11.1. The Balaban J connectivity index is 2.37. The van der Waals surface area contributed by atoms with Crippen molar-refractivity contribution in [3.8, 4) is 0 Å². The molecule has 0 aromatic heterocycles. The number of hydrogen-bond acceptors (Lipinski definition) is 4. The van der Waals surface area contributed by atoms with Gasteiger partial charge in [-0.05, 0) is 6.42 Å². The molecule has 1 N–H and O–H groups in total. The van der Waals surface area contributed by atoms with Crippen LogP contribution in [0, 0.1) is 0 Å². The summed E-state index contributed by atoms with van der Waals surface area (Å²) in [5.41, 5.74) is 0. The van der Waals surface area contributed by atoms with E-state index in [0.717, 1.165) is 44.5 Å². The fourth-order valence-corrected chi connectivity index (χ4v) is 4.19. The molecule has 90 valence electrons. The highest BCUT2D eigenvalue weighted by Crippen LogP contribution is 2.23. The number of nitrogens with one attached hydrogen (secondary N) is 1. The topological polar surface area (TPSA) is 52.2 Å². The molecule has 3 atom stereocenters. The molecular formula is C10H20NO2S2-. The molecule has 15 heavy (non-hydrogen) atoms. The fourth-order valence-electron chi connectivity index (χ4n) is 1.83. The van der Waals surface area contributed by atoms with E-state index in [1.807, 2.05) is 0 Å². The lowest BCUT2D eigenvalue weighted by Crippen LogP contribution is -2.41. The van der Waals surface area contributed by atoms with Crippen LogP contribution in [0.25, 0.3) is 0 Å². The van der Waals surface area contributed by atoms with Crippen LogP contribution in [-0.2, 0) is 11.1 Å². The van der Waals surface area contributed by atoms with Gasteiger partial charge in [-0.25, -0.2) is 0 Å². The first-order valence-electron chi connectivity index (χ1n) is 5.66. The van der Waals surface area contributed by atoms with Gasteiger partial charge in [-0.1, -0.05) is 37.3 Å². The van der Waals surface area contributed by atoms with Gasteiger partial charge < -0.3 is 9.87 Å². The van der Waals surface area contributed by atoms with Crippen molar-refractivity contribution in [3.63, 3.8) is 0 Å². The predicted molar refractivity (Wildman–Crippen MR) is 66.0 cm³/mol. The Bertz CT molecular complexity index is 196. The van der Waals surface area contributed by atoms with Crippen LogP contribution in [0.1, 0.15) is 32.6 Å². The first kappa shape index (κ1) is 13.5. The monoisotopic (exact) mass is 250 g/mol. The summed E-state index contributed by atoms with van der Waals surface area (Å²) in [6.45, 7) is 3.99. The van der Waals surface area contributed by atoms with E-state index in [9.17, 15) is 8.76 Å². The molecule has 0 bridgehead atoms. The van der Waals surface area contributed by atoms with Crippen LogP contribution in [0.2, 0.25) is 0 Å². The standard InChI is InChI=1S/C10H21NO2S2/c1-2-3-4-5-10(15(12)13)9-8-11-6-7-14-9/h9-11H,2-8H2,1H3,(H,12,13)/p-1. The average Bonchev–Trinajstić information content (AvgIpc) is 2.25. The van der Waals surface area contributed by atoms with Crippen LogP contribution < -0.4 is 5.32 Å². The first-order valence-corrected chi connectivity index (χ1v) is 7.84. The molecule has 0 radical (unpaired) electrons. The van der Waals surface area contributed by atoms with Crippen molar-refractivity contribution < 1.29 is 8.76 Å². The highest BCUT2D eigenvalue weighted by Gasteiger charge is 2.24. The SMILES string of the molecule is CCCCCC(C1CNCCS1)S(=O)[O-]. The first-order chi connectivity index (χ1) is 7.25. The fraction of sp³-hybridized carbons (Fsp3) is 1.00. The second-order valence-corrected chi connectivity index (χ2v) is 6.38. The van der Waals surface area contributed by atoms with Crippen LogP contribution in [0.15, 0.2) is 0 Å². The Morgan fingerprint density at radius 3 is 2.93 bits per heavy atom. The number of rotatable bonds is 6. The van der Waals surface area contributed by atoms with E-state index in [1.54, 1.807) is 11.8 Å². The normalized spacial score (nSPS) is 26.1. The minimum Gasteiger partial charge on any atom is -0.772 e. The van der Waals surface area contributed by atoms with Gasteiger partial charge >= 0.3 is 0 Å². The third-order valence-electron chi connectivity index (χ3n) is 2.71. The van der Waals surface area contributed by atoms with Gasteiger partial charge in [0.05, 0.1) is 0 Å². The van der Waals surface area contributed by atoms with Crippen LogP contribution in [0.4, 0.5) is 0 Å². The third kappa shape index (κ3) is 4.85.